The van der Waals surface area contributed by atoms with Gasteiger partial charge in [-0.3, -0.25) is 4.79 Å². The summed E-state index contributed by atoms with van der Waals surface area (Å²) in [5.74, 6) is 2.18. The Kier molecular flexibility index (Phi) is 4.21. The van der Waals surface area contributed by atoms with Gasteiger partial charge >= 0.3 is 0 Å². The highest BCUT2D eigenvalue weighted by atomic mass is 79.9. The lowest BCUT2D eigenvalue weighted by Gasteiger charge is -2.02. The average Bonchev–Trinajstić information content (AvgIpc) is 2.17. The molecule has 1 N–H and O–H groups in total. The van der Waals surface area contributed by atoms with Crippen molar-refractivity contribution in [3.8, 4) is 12.3 Å². The standard InChI is InChI=1S/C11H10BrNO/c1-2-3-11(14)13-8-9-4-6-10(12)7-5-9/h1,4-7H,3,8H2,(H,13,14). The molecule has 14 heavy (non-hydrogen) atoms. The molecule has 0 heterocycles. The van der Waals surface area contributed by atoms with E-state index in [1.54, 1.807) is 0 Å². The molecule has 0 saturated carbocycles. The van der Waals surface area contributed by atoms with Crippen molar-refractivity contribution in [2.45, 2.75) is 13.0 Å². The quantitative estimate of drug-likeness (QED) is 0.820. The normalized spacial score (nSPS) is 9.14. The number of carbonyl (C=O) groups excluding carboxylic acids is 1. The number of benzene rings is 1. The van der Waals surface area contributed by atoms with Crippen molar-refractivity contribution in [2.24, 2.45) is 0 Å². The van der Waals surface area contributed by atoms with Gasteiger partial charge in [-0.15, -0.1) is 6.42 Å². The zero-order valence-corrected chi connectivity index (χ0v) is 9.17. The van der Waals surface area contributed by atoms with E-state index < -0.39 is 0 Å². The van der Waals surface area contributed by atoms with Gasteiger partial charge < -0.3 is 5.32 Å². The van der Waals surface area contributed by atoms with Crippen molar-refractivity contribution in [1.29, 1.82) is 0 Å². The van der Waals surface area contributed by atoms with Gasteiger partial charge in [0.15, 0.2) is 0 Å². The number of halogens is 1. The molecule has 1 amide bonds. The fraction of sp³-hybridized carbons (Fsp3) is 0.182. The Hall–Kier alpha value is -1.27. The molecule has 72 valence electrons. The third kappa shape index (κ3) is 3.63. The van der Waals surface area contributed by atoms with Crippen LogP contribution in [0.15, 0.2) is 28.7 Å². The summed E-state index contributed by atoms with van der Waals surface area (Å²) in [5, 5.41) is 2.72. The number of hydrogen-bond acceptors (Lipinski definition) is 1. The molecule has 0 atom stereocenters. The number of hydrogen-bond donors (Lipinski definition) is 1. The van der Waals surface area contributed by atoms with Crippen LogP contribution in [0.2, 0.25) is 0 Å². The van der Waals surface area contributed by atoms with Crippen molar-refractivity contribution in [3.63, 3.8) is 0 Å². The van der Waals surface area contributed by atoms with Crippen LogP contribution in [-0.4, -0.2) is 5.91 Å². The Morgan fingerprint density at radius 2 is 2.07 bits per heavy atom. The minimum atomic E-state index is -0.115. The van der Waals surface area contributed by atoms with Crippen LogP contribution in [0.3, 0.4) is 0 Å². The predicted octanol–water partition coefficient (Wildman–Crippen LogP) is 2.09. The predicted molar refractivity (Wildman–Crippen MR) is 59.4 cm³/mol. The van der Waals surface area contributed by atoms with Crippen LogP contribution in [0.5, 0.6) is 0 Å². The second-order valence-corrected chi connectivity index (χ2v) is 3.70. The van der Waals surface area contributed by atoms with Gasteiger partial charge in [-0.05, 0) is 17.7 Å². The summed E-state index contributed by atoms with van der Waals surface area (Å²) in [6, 6.07) is 7.76. The van der Waals surface area contributed by atoms with E-state index in [2.05, 4.69) is 27.2 Å². The third-order valence-electron chi connectivity index (χ3n) is 1.67. The van der Waals surface area contributed by atoms with Gasteiger partial charge in [0.05, 0.1) is 6.42 Å². The first kappa shape index (κ1) is 10.8. The first-order valence-corrected chi connectivity index (χ1v) is 4.96. The van der Waals surface area contributed by atoms with Crippen LogP contribution in [0, 0.1) is 12.3 Å². The largest absolute Gasteiger partial charge is 0.351 e. The topological polar surface area (TPSA) is 29.1 Å². The van der Waals surface area contributed by atoms with Crippen molar-refractivity contribution in [2.75, 3.05) is 0 Å². The van der Waals surface area contributed by atoms with Crippen molar-refractivity contribution in [3.05, 3.63) is 34.3 Å². The van der Waals surface area contributed by atoms with Crippen LogP contribution >= 0.6 is 15.9 Å². The molecule has 0 aromatic heterocycles. The smallest absolute Gasteiger partial charge is 0.232 e. The lowest BCUT2D eigenvalue weighted by molar-refractivity contribution is -0.120. The Bertz CT molecular complexity index is 351. The maximum absolute atomic E-state index is 11.0. The summed E-state index contributed by atoms with van der Waals surface area (Å²) in [7, 11) is 0. The number of terminal acetylenes is 1. The highest BCUT2D eigenvalue weighted by Crippen LogP contribution is 2.10. The molecule has 2 nitrogen and oxygen atoms in total. The van der Waals surface area contributed by atoms with E-state index in [1.165, 1.54) is 0 Å². The van der Waals surface area contributed by atoms with Crippen LogP contribution in [0.1, 0.15) is 12.0 Å². The maximum atomic E-state index is 11.0. The van der Waals surface area contributed by atoms with Gasteiger partial charge in [-0.25, -0.2) is 0 Å². The van der Waals surface area contributed by atoms with Gasteiger partial charge in [0, 0.05) is 11.0 Å². The van der Waals surface area contributed by atoms with E-state index in [4.69, 9.17) is 6.42 Å². The number of nitrogens with one attached hydrogen (secondary N) is 1. The van der Waals surface area contributed by atoms with Crippen molar-refractivity contribution in [1.82, 2.24) is 5.32 Å². The molecule has 0 bridgehead atoms. The highest BCUT2D eigenvalue weighted by Gasteiger charge is 1.97. The summed E-state index contributed by atoms with van der Waals surface area (Å²) < 4.78 is 1.02. The third-order valence-corrected chi connectivity index (χ3v) is 2.19. The fourth-order valence-electron chi connectivity index (χ4n) is 0.958. The molecule has 0 saturated heterocycles. The van der Waals surface area contributed by atoms with Crippen molar-refractivity contribution >= 4 is 21.8 Å². The molecule has 0 unspecified atom stereocenters. The summed E-state index contributed by atoms with van der Waals surface area (Å²) in [6.45, 7) is 0.522. The van der Waals surface area contributed by atoms with Gasteiger partial charge in [0.2, 0.25) is 5.91 Å². The Morgan fingerprint density at radius 3 is 2.64 bits per heavy atom. The minimum absolute atomic E-state index is 0.115. The van der Waals surface area contributed by atoms with Crippen LogP contribution in [-0.2, 0) is 11.3 Å². The Labute approximate surface area is 91.8 Å². The van der Waals surface area contributed by atoms with Crippen molar-refractivity contribution < 1.29 is 4.79 Å². The Morgan fingerprint density at radius 1 is 1.43 bits per heavy atom. The van der Waals surface area contributed by atoms with E-state index in [1.807, 2.05) is 24.3 Å². The van der Waals surface area contributed by atoms with Crippen LogP contribution < -0.4 is 5.32 Å². The van der Waals surface area contributed by atoms with Crippen LogP contribution in [0.4, 0.5) is 0 Å². The van der Waals surface area contributed by atoms with Gasteiger partial charge in [0.25, 0.3) is 0 Å². The van der Waals surface area contributed by atoms with E-state index >= 15 is 0 Å². The molecule has 0 spiro atoms. The molecule has 1 aromatic carbocycles. The van der Waals surface area contributed by atoms with Gasteiger partial charge in [0.1, 0.15) is 0 Å². The highest BCUT2D eigenvalue weighted by molar-refractivity contribution is 9.10. The molecule has 3 heteroatoms. The van der Waals surface area contributed by atoms with E-state index in [9.17, 15) is 4.79 Å². The molecule has 1 rings (SSSR count). The number of amides is 1. The molecule has 0 aliphatic carbocycles. The second-order valence-electron chi connectivity index (χ2n) is 2.78. The first-order chi connectivity index (χ1) is 6.72. The van der Waals surface area contributed by atoms with E-state index in [0.717, 1.165) is 10.0 Å². The molecule has 0 aliphatic heterocycles. The molecular weight excluding hydrogens is 242 g/mol. The zero-order valence-electron chi connectivity index (χ0n) is 7.59. The molecule has 1 aromatic rings. The lowest BCUT2D eigenvalue weighted by Crippen LogP contribution is -2.21. The second kappa shape index (κ2) is 5.46. The van der Waals surface area contributed by atoms with Gasteiger partial charge in [-0.2, -0.15) is 0 Å². The van der Waals surface area contributed by atoms with Crippen LogP contribution in [0.25, 0.3) is 0 Å². The molecule has 0 aliphatic rings. The fourth-order valence-corrected chi connectivity index (χ4v) is 1.22. The summed E-state index contributed by atoms with van der Waals surface area (Å²) in [6.07, 6.45) is 5.14. The average molecular weight is 252 g/mol. The van der Waals surface area contributed by atoms with Gasteiger partial charge in [-0.1, -0.05) is 34.0 Å². The minimum Gasteiger partial charge on any atom is -0.351 e. The number of carbonyl (C=O) groups is 1. The molecular formula is C11H10BrNO. The van der Waals surface area contributed by atoms with E-state index in [-0.39, 0.29) is 12.3 Å². The summed E-state index contributed by atoms with van der Waals surface area (Å²) >= 11 is 3.34. The summed E-state index contributed by atoms with van der Waals surface area (Å²) in [4.78, 5) is 11.0. The molecule has 0 radical (unpaired) electrons. The SMILES string of the molecule is C#CCC(=O)NCc1ccc(Br)cc1. The Balaban J connectivity index is 2.43. The zero-order chi connectivity index (χ0) is 10.4. The summed E-state index contributed by atoms with van der Waals surface area (Å²) in [5.41, 5.74) is 1.05. The van der Waals surface area contributed by atoms with E-state index in [0.29, 0.717) is 6.54 Å². The maximum Gasteiger partial charge on any atom is 0.232 e. The number of rotatable bonds is 3. The lowest BCUT2D eigenvalue weighted by atomic mass is 10.2. The first-order valence-electron chi connectivity index (χ1n) is 4.17. The molecule has 0 fully saturated rings. The monoisotopic (exact) mass is 251 g/mol.